The number of benzene rings is 2. The molecule has 2 heterocycles. The van der Waals surface area contributed by atoms with E-state index in [-0.39, 0.29) is 17.0 Å². The number of carbonyl (C=O) groups excluding carboxylic acids is 1. The van der Waals surface area contributed by atoms with Crippen LogP contribution in [0, 0.1) is 11.2 Å². The van der Waals surface area contributed by atoms with Gasteiger partial charge in [0.2, 0.25) is 0 Å². The number of halogens is 1. The van der Waals surface area contributed by atoms with Gasteiger partial charge in [-0.25, -0.2) is 9.18 Å². The Kier molecular flexibility index (Phi) is 3.41. The van der Waals surface area contributed by atoms with Gasteiger partial charge < -0.3 is 8.98 Å². The minimum absolute atomic E-state index is 0.0319. The lowest BCUT2D eigenvalue weighted by Gasteiger charge is -2.29. The Hall–Kier alpha value is -3.21. The first-order valence-electron chi connectivity index (χ1n) is 9.24. The van der Waals surface area contributed by atoms with Gasteiger partial charge in [-0.05, 0) is 42.2 Å². The van der Waals surface area contributed by atoms with E-state index in [1.807, 2.05) is 16.7 Å². The van der Waals surface area contributed by atoms with Gasteiger partial charge in [-0.3, -0.25) is 4.79 Å². The van der Waals surface area contributed by atoms with Gasteiger partial charge >= 0.3 is 5.63 Å². The van der Waals surface area contributed by atoms with Gasteiger partial charge in [0.15, 0.2) is 11.4 Å². The van der Waals surface area contributed by atoms with Crippen LogP contribution in [-0.2, 0) is 6.42 Å². The molecule has 0 saturated heterocycles. The molecule has 0 unspecified atom stereocenters. The van der Waals surface area contributed by atoms with Gasteiger partial charge in [0.25, 0.3) is 0 Å². The quantitative estimate of drug-likeness (QED) is 0.469. The maximum absolute atomic E-state index is 13.5. The average Bonchev–Trinajstić information content (AvgIpc) is 2.95. The number of aromatic nitrogens is 1. The molecule has 1 aliphatic rings. The molecule has 1 aliphatic carbocycles. The van der Waals surface area contributed by atoms with Crippen molar-refractivity contribution in [2.45, 2.75) is 26.7 Å². The highest BCUT2D eigenvalue weighted by Crippen LogP contribution is 2.42. The van der Waals surface area contributed by atoms with Gasteiger partial charge in [0, 0.05) is 23.2 Å². The zero-order valence-electron chi connectivity index (χ0n) is 15.6. The highest BCUT2D eigenvalue weighted by molar-refractivity contribution is 6.14. The molecule has 0 N–H and O–H groups in total. The zero-order chi connectivity index (χ0) is 19.6. The van der Waals surface area contributed by atoms with Crippen molar-refractivity contribution in [3.63, 3.8) is 0 Å². The van der Waals surface area contributed by atoms with E-state index in [4.69, 9.17) is 4.42 Å². The highest BCUT2D eigenvalue weighted by Gasteiger charge is 2.37. The van der Waals surface area contributed by atoms with Gasteiger partial charge in [-0.2, -0.15) is 0 Å². The second-order valence-electron chi connectivity index (χ2n) is 8.19. The van der Waals surface area contributed by atoms with E-state index in [2.05, 4.69) is 13.8 Å². The number of hydrogen-bond donors (Lipinski definition) is 0. The van der Waals surface area contributed by atoms with Crippen LogP contribution in [0.15, 0.2) is 57.7 Å². The molecule has 0 atom stereocenters. The molecule has 0 fully saturated rings. The maximum Gasteiger partial charge on any atom is 0.344 e. The molecule has 0 amide bonds. The van der Waals surface area contributed by atoms with E-state index in [0.717, 1.165) is 16.8 Å². The molecule has 0 saturated carbocycles. The molecule has 0 spiro atoms. The number of hydrogen-bond acceptors (Lipinski definition) is 3. The molecule has 0 aliphatic heterocycles. The Bertz CT molecular complexity index is 1330. The SMILES string of the molecule is CC1(C)CC(=O)c2c(n(-c3ccc(F)cc3)c3c2oc(=O)c2ccccc23)C1. The summed E-state index contributed by atoms with van der Waals surface area (Å²) in [5, 5.41) is 1.18. The normalized spacial score (nSPS) is 15.9. The van der Waals surface area contributed by atoms with Crippen LogP contribution in [0.2, 0.25) is 0 Å². The van der Waals surface area contributed by atoms with Gasteiger partial charge in [0.05, 0.1) is 16.5 Å². The van der Waals surface area contributed by atoms with Crippen LogP contribution >= 0.6 is 0 Å². The number of ketones is 1. The predicted molar refractivity (Wildman–Crippen MR) is 106 cm³/mol. The fraction of sp³-hybridized carbons (Fsp3) is 0.217. The van der Waals surface area contributed by atoms with E-state index < -0.39 is 5.63 Å². The molecular weight excluding hydrogens is 357 g/mol. The van der Waals surface area contributed by atoms with Gasteiger partial charge in [-0.15, -0.1) is 0 Å². The summed E-state index contributed by atoms with van der Waals surface area (Å²) in [5.74, 6) is -0.364. The lowest BCUT2D eigenvalue weighted by Crippen LogP contribution is -2.27. The Balaban J connectivity index is 2.02. The molecule has 28 heavy (non-hydrogen) atoms. The number of nitrogens with zero attached hydrogens (tertiary/aromatic N) is 1. The van der Waals surface area contributed by atoms with E-state index >= 15 is 0 Å². The summed E-state index contributed by atoms with van der Waals surface area (Å²) in [6.07, 6.45) is 1.04. The van der Waals surface area contributed by atoms with Gasteiger partial charge in [0.1, 0.15) is 5.82 Å². The Morgan fingerprint density at radius 3 is 2.36 bits per heavy atom. The molecule has 4 nitrogen and oxygen atoms in total. The number of fused-ring (bicyclic) bond motifs is 5. The average molecular weight is 375 g/mol. The van der Waals surface area contributed by atoms with Crippen LogP contribution in [0.5, 0.6) is 0 Å². The number of rotatable bonds is 1. The van der Waals surface area contributed by atoms with Crippen molar-refractivity contribution < 1.29 is 13.6 Å². The van der Waals surface area contributed by atoms with Crippen molar-refractivity contribution in [3.8, 4) is 5.69 Å². The van der Waals surface area contributed by atoms with E-state index in [1.165, 1.54) is 12.1 Å². The fourth-order valence-electron chi connectivity index (χ4n) is 4.32. The van der Waals surface area contributed by atoms with Crippen molar-refractivity contribution in [1.82, 2.24) is 4.57 Å². The molecule has 2 aromatic carbocycles. The Morgan fingerprint density at radius 1 is 0.964 bits per heavy atom. The summed E-state index contributed by atoms with van der Waals surface area (Å²) in [4.78, 5) is 25.6. The first-order valence-corrected chi connectivity index (χ1v) is 9.24. The second kappa shape index (κ2) is 5.64. The van der Waals surface area contributed by atoms with Crippen molar-refractivity contribution >= 4 is 27.7 Å². The largest absolute Gasteiger partial charge is 0.420 e. The molecule has 5 rings (SSSR count). The molecule has 140 valence electrons. The summed E-state index contributed by atoms with van der Waals surface area (Å²) in [7, 11) is 0. The van der Waals surface area contributed by atoms with Crippen molar-refractivity contribution in [3.05, 3.63) is 76.0 Å². The third-order valence-corrected chi connectivity index (χ3v) is 5.47. The Morgan fingerprint density at radius 2 is 1.64 bits per heavy atom. The van der Waals surface area contributed by atoms with Crippen LogP contribution < -0.4 is 5.63 Å². The van der Waals surface area contributed by atoms with Crippen LogP contribution in [0.4, 0.5) is 4.39 Å². The molecule has 5 heteroatoms. The summed E-state index contributed by atoms with van der Waals surface area (Å²) < 4.78 is 21.2. The van der Waals surface area contributed by atoms with Crippen molar-refractivity contribution in [1.29, 1.82) is 0 Å². The summed E-state index contributed by atoms with van der Waals surface area (Å²) >= 11 is 0. The fourth-order valence-corrected chi connectivity index (χ4v) is 4.32. The minimum atomic E-state index is -0.459. The molecule has 2 aromatic heterocycles. The third kappa shape index (κ3) is 2.35. The molecule has 4 aromatic rings. The van der Waals surface area contributed by atoms with E-state index in [1.54, 1.807) is 24.3 Å². The van der Waals surface area contributed by atoms with Gasteiger partial charge in [-0.1, -0.05) is 32.0 Å². The second-order valence-corrected chi connectivity index (χ2v) is 8.19. The smallest absolute Gasteiger partial charge is 0.344 e. The lowest BCUT2D eigenvalue weighted by atomic mass is 9.76. The first kappa shape index (κ1) is 16.9. The third-order valence-electron chi connectivity index (χ3n) is 5.47. The standard InChI is InChI=1S/C23H18FNO3/c1-23(2)11-17-19(18(26)12-23)21-20(25(17)14-9-7-13(24)8-10-14)15-5-3-4-6-16(15)22(27)28-21/h3-10H,11-12H2,1-2H3. The van der Waals surface area contributed by atoms with E-state index in [9.17, 15) is 14.0 Å². The van der Waals surface area contributed by atoms with Crippen LogP contribution in [0.25, 0.3) is 27.6 Å². The van der Waals surface area contributed by atoms with Crippen molar-refractivity contribution in [2.24, 2.45) is 5.41 Å². The molecule has 0 radical (unpaired) electrons. The lowest BCUT2D eigenvalue weighted by molar-refractivity contribution is 0.0911. The van der Waals surface area contributed by atoms with Crippen LogP contribution in [0.3, 0.4) is 0 Å². The Labute approximate surface area is 160 Å². The summed E-state index contributed by atoms with van der Waals surface area (Å²) in [5.41, 5.74) is 2.34. The molecule has 0 bridgehead atoms. The van der Waals surface area contributed by atoms with Crippen molar-refractivity contribution in [2.75, 3.05) is 0 Å². The number of Topliss-reactive ketones (excluding diaryl/α,β-unsaturated/α-hetero) is 1. The van der Waals surface area contributed by atoms with E-state index in [0.29, 0.717) is 34.9 Å². The highest BCUT2D eigenvalue weighted by atomic mass is 19.1. The van der Waals surface area contributed by atoms with Crippen LogP contribution in [0.1, 0.15) is 36.3 Å². The zero-order valence-corrected chi connectivity index (χ0v) is 15.6. The van der Waals surface area contributed by atoms with Crippen LogP contribution in [-0.4, -0.2) is 10.4 Å². The number of carbonyl (C=O) groups is 1. The first-order chi connectivity index (χ1) is 13.4. The molecular formula is C23H18FNO3. The minimum Gasteiger partial charge on any atom is -0.420 e. The summed E-state index contributed by atoms with van der Waals surface area (Å²) in [6, 6.07) is 13.4. The predicted octanol–water partition coefficient (Wildman–Crippen LogP) is 5.03. The topological polar surface area (TPSA) is 52.2 Å². The maximum atomic E-state index is 13.5. The summed E-state index contributed by atoms with van der Waals surface area (Å²) in [6.45, 7) is 4.10. The monoisotopic (exact) mass is 375 g/mol.